The van der Waals surface area contributed by atoms with E-state index in [1.165, 1.54) is 0 Å². The molecule has 15 heteroatoms. The summed E-state index contributed by atoms with van der Waals surface area (Å²) in [4.78, 5) is 40.2. The molecular formula is C17H37N7O8. The van der Waals surface area contributed by atoms with Crippen LogP contribution in [0, 0.1) is 5.41 Å². The molecule has 0 aliphatic heterocycles. The molecule has 0 aromatic rings. The topological polar surface area (TPSA) is 315 Å². The monoisotopic (exact) mass is 467 g/mol. The highest BCUT2D eigenvalue weighted by Gasteiger charge is 2.12. The largest absolute Gasteiger partial charge is 0.481 e. The van der Waals surface area contributed by atoms with Crippen LogP contribution in [0.5, 0.6) is 0 Å². The summed E-state index contributed by atoms with van der Waals surface area (Å²) in [7, 11) is 0. The van der Waals surface area contributed by atoms with Gasteiger partial charge in [0.15, 0.2) is 5.96 Å². The van der Waals surface area contributed by atoms with Gasteiger partial charge in [0.2, 0.25) is 0 Å². The van der Waals surface area contributed by atoms with E-state index in [1.54, 1.807) is 0 Å². The predicted octanol–water partition coefficient (Wildman–Crippen LogP) is -2.55. The molecule has 0 saturated carbocycles. The number of nitrogens with two attached hydrogens (primary N) is 5. The van der Waals surface area contributed by atoms with Gasteiger partial charge in [-0.25, -0.2) is 0 Å². The van der Waals surface area contributed by atoms with Gasteiger partial charge in [-0.1, -0.05) is 6.42 Å². The predicted molar refractivity (Wildman–Crippen MR) is 116 cm³/mol. The number of guanidine groups is 1. The lowest BCUT2D eigenvalue weighted by atomic mass is 10.1. The number of nitrogens with one attached hydrogen (secondary N) is 2. The summed E-state index contributed by atoms with van der Waals surface area (Å²) in [5.74, 6) is -4.24. The van der Waals surface area contributed by atoms with Crippen molar-refractivity contribution in [2.24, 2.45) is 28.7 Å². The van der Waals surface area contributed by atoms with Crippen LogP contribution in [0.25, 0.3) is 0 Å². The number of unbranched alkanes of at least 4 members (excludes halogenated alkanes) is 1. The fourth-order valence-corrected chi connectivity index (χ4v) is 1.70. The van der Waals surface area contributed by atoms with Crippen molar-refractivity contribution in [2.75, 3.05) is 13.1 Å². The van der Waals surface area contributed by atoms with E-state index in [-0.39, 0.29) is 18.8 Å². The fraction of sp³-hybridized carbons (Fsp3) is 0.706. The van der Waals surface area contributed by atoms with Crippen LogP contribution in [0.15, 0.2) is 0 Å². The lowest BCUT2D eigenvalue weighted by Gasteiger charge is -2.06. The summed E-state index contributed by atoms with van der Waals surface area (Å²) in [6.07, 6.45) is 2.91. The van der Waals surface area contributed by atoms with Crippen molar-refractivity contribution >= 4 is 29.8 Å². The highest BCUT2D eigenvalue weighted by molar-refractivity contribution is 5.75. The molecule has 0 rings (SSSR count). The first-order chi connectivity index (χ1) is 14.8. The average molecular weight is 468 g/mol. The summed E-state index contributed by atoms with van der Waals surface area (Å²) in [5, 5.41) is 42.3. The molecule has 0 amide bonds. The van der Waals surface area contributed by atoms with Gasteiger partial charge < -0.3 is 54.4 Å². The first-order valence-electron chi connectivity index (χ1n) is 9.71. The number of carbonyl (C=O) groups is 4. The van der Waals surface area contributed by atoms with Gasteiger partial charge in [-0.05, 0) is 38.6 Å². The Kier molecular flexibility index (Phi) is 22.3. The minimum Gasteiger partial charge on any atom is -0.481 e. The van der Waals surface area contributed by atoms with Gasteiger partial charge in [0.25, 0.3) is 0 Å². The highest BCUT2D eigenvalue weighted by atomic mass is 16.4. The van der Waals surface area contributed by atoms with Gasteiger partial charge in [0.05, 0.1) is 0 Å². The van der Waals surface area contributed by atoms with Crippen LogP contribution >= 0.6 is 0 Å². The Labute approximate surface area is 185 Å². The molecule has 0 aromatic carbocycles. The number of hydrogen-bond acceptors (Lipinski definition) is 9. The van der Waals surface area contributed by atoms with Gasteiger partial charge in [0.1, 0.15) is 18.1 Å². The lowest BCUT2D eigenvalue weighted by Crippen LogP contribution is -2.34. The highest BCUT2D eigenvalue weighted by Crippen LogP contribution is 1.97. The molecule has 3 unspecified atom stereocenters. The lowest BCUT2D eigenvalue weighted by molar-refractivity contribution is -0.141. The Balaban J connectivity index is -0.000000397. The zero-order chi connectivity index (χ0) is 25.7. The fourth-order valence-electron chi connectivity index (χ4n) is 1.70. The normalized spacial score (nSPS) is 12.5. The standard InChI is InChI=1S/C6H14N4O2.C6H14N2O2.C5H9NO4/c7-4(5(11)12)2-1-3-10-6(8)9;7-4-2-1-3-5(8)6(9)10;6-3(5(9)10)1-2-4(7)8/h4H,1-3,7H2,(H,11,12)(H4,8,9,10);5H,1-4,7-8H2,(H,9,10);3H,1-2,6H2,(H,7,8)(H,9,10). The molecule has 188 valence electrons. The van der Waals surface area contributed by atoms with E-state index in [0.29, 0.717) is 32.4 Å². The quantitative estimate of drug-likeness (QED) is 0.0711. The Morgan fingerprint density at radius 1 is 0.750 bits per heavy atom. The maximum absolute atomic E-state index is 10.2. The van der Waals surface area contributed by atoms with Gasteiger partial charge in [-0.15, -0.1) is 0 Å². The summed E-state index contributed by atoms with van der Waals surface area (Å²) in [6, 6.07) is -2.60. The molecule has 16 N–H and O–H groups in total. The SMILES string of the molecule is N=C(N)NCCCC(N)C(=O)O.NC(CCC(=O)O)C(=O)O.NCCCCC(N)C(=O)O. The van der Waals surface area contributed by atoms with E-state index < -0.39 is 42.0 Å². The van der Waals surface area contributed by atoms with E-state index in [1.807, 2.05) is 0 Å². The molecule has 0 aromatic heterocycles. The molecule has 32 heavy (non-hydrogen) atoms. The molecule has 0 saturated heterocycles. The number of carboxylic acids is 4. The van der Waals surface area contributed by atoms with Crippen LogP contribution < -0.4 is 34.0 Å². The third-order valence-electron chi connectivity index (χ3n) is 3.60. The van der Waals surface area contributed by atoms with Gasteiger partial charge in [0, 0.05) is 13.0 Å². The number of rotatable bonds is 14. The zero-order valence-corrected chi connectivity index (χ0v) is 17.9. The van der Waals surface area contributed by atoms with Crippen molar-refractivity contribution in [2.45, 2.75) is 63.1 Å². The van der Waals surface area contributed by atoms with Crippen molar-refractivity contribution in [1.82, 2.24) is 5.32 Å². The Hall–Kier alpha value is -3.01. The number of carboxylic acid groups (broad SMARTS) is 4. The average Bonchev–Trinajstić information content (AvgIpc) is 2.69. The van der Waals surface area contributed by atoms with Crippen molar-refractivity contribution in [1.29, 1.82) is 5.41 Å². The molecule has 3 atom stereocenters. The van der Waals surface area contributed by atoms with Gasteiger partial charge >= 0.3 is 23.9 Å². The Morgan fingerprint density at radius 3 is 1.50 bits per heavy atom. The van der Waals surface area contributed by atoms with Crippen LogP contribution in [-0.4, -0.2) is 81.5 Å². The second kappa shape index (κ2) is 21.2. The van der Waals surface area contributed by atoms with Crippen molar-refractivity contribution < 1.29 is 39.6 Å². The van der Waals surface area contributed by atoms with E-state index in [2.05, 4.69) is 5.32 Å². The second-order valence-corrected chi connectivity index (χ2v) is 6.53. The van der Waals surface area contributed by atoms with Gasteiger partial charge in [-0.3, -0.25) is 24.6 Å². The summed E-state index contributed by atoms with van der Waals surface area (Å²) < 4.78 is 0. The van der Waals surface area contributed by atoms with Crippen LogP contribution in [0.3, 0.4) is 0 Å². The smallest absolute Gasteiger partial charge is 0.320 e. The van der Waals surface area contributed by atoms with Crippen LogP contribution in [0.1, 0.15) is 44.9 Å². The molecule has 0 aliphatic rings. The molecule has 0 heterocycles. The van der Waals surface area contributed by atoms with Crippen LogP contribution in [-0.2, 0) is 19.2 Å². The zero-order valence-electron chi connectivity index (χ0n) is 17.9. The third kappa shape index (κ3) is 27.0. The minimum absolute atomic E-state index is 0.0231. The molecule has 0 aliphatic carbocycles. The maximum atomic E-state index is 10.2. The van der Waals surface area contributed by atoms with Crippen molar-refractivity contribution in [3.05, 3.63) is 0 Å². The van der Waals surface area contributed by atoms with Crippen LogP contribution in [0.4, 0.5) is 0 Å². The third-order valence-corrected chi connectivity index (χ3v) is 3.60. The number of aliphatic carboxylic acids is 4. The molecule has 0 radical (unpaired) electrons. The first-order valence-corrected chi connectivity index (χ1v) is 9.71. The van der Waals surface area contributed by atoms with Crippen LogP contribution in [0.2, 0.25) is 0 Å². The minimum atomic E-state index is -1.17. The van der Waals surface area contributed by atoms with Gasteiger partial charge in [-0.2, -0.15) is 0 Å². The molecular weight excluding hydrogens is 430 g/mol. The molecule has 15 nitrogen and oxygen atoms in total. The summed E-state index contributed by atoms with van der Waals surface area (Å²) in [6.45, 7) is 1.09. The summed E-state index contributed by atoms with van der Waals surface area (Å²) >= 11 is 0. The van der Waals surface area contributed by atoms with E-state index in [9.17, 15) is 19.2 Å². The van der Waals surface area contributed by atoms with E-state index >= 15 is 0 Å². The van der Waals surface area contributed by atoms with E-state index in [0.717, 1.165) is 12.8 Å². The molecule has 0 spiro atoms. The molecule has 0 bridgehead atoms. The van der Waals surface area contributed by atoms with Crippen molar-refractivity contribution in [3.8, 4) is 0 Å². The first kappa shape index (κ1) is 33.6. The molecule has 0 fully saturated rings. The van der Waals surface area contributed by atoms with Crippen molar-refractivity contribution in [3.63, 3.8) is 0 Å². The maximum Gasteiger partial charge on any atom is 0.320 e. The summed E-state index contributed by atoms with van der Waals surface area (Å²) in [5.41, 5.74) is 25.6. The Bertz CT molecular complexity index is 577. The second-order valence-electron chi connectivity index (χ2n) is 6.53. The number of hydrogen-bond donors (Lipinski definition) is 11. The Morgan fingerprint density at radius 2 is 1.16 bits per heavy atom. The van der Waals surface area contributed by atoms with E-state index in [4.69, 9.17) is 54.5 Å².